The van der Waals surface area contributed by atoms with Crippen LogP contribution in [-0.2, 0) is 6.54 Å². The minimum absolute atomic E-state index is 0.490. The molecular formula is C10H19N5. The van der Waals surface area contributed by atoms with E-state index in [1.807, 2.05) is 6.92 Å². The van der Waals surface area contributed by atoms with Crippen molar-refractivity contribution in [3.63, 3.8) is 0 Å². The van der Waals surface area contributed by atoms with Gasteiger partial charge in [0.2, 0.25) is 0 Å². The van der Waals surface area contributed by atoms with Crippen LogP contribution in [0, 0.1) is 12.8 Å². The molecule has 0 aliphatic heterocycles. The first-order valence-corrected chi connectivity index (χ1v) is 5.12. The van der Waals surface area contributed by atoms with Gasteiger partial charge in [-0.25, -0.2) is 4.99 Å². The minimum atomic E-state index is 0.490. The molecule has 0 amide bonds. The maximum absolute atomic E-state index is 5.70. The third-order valence-corrected chi connectivity index (χ3v) is 2.05. The van der Waals surface area contributed by atoms with Gasteiger partial charge in [0.25, 0.3) is 0 Å². The molecule has 0 atom stereocenters. The summed E-state index contributed by atoms with van der Waals surface area (Å²) >= 11 is 0. The molecule has 84 valence electrons. The zero-order valence-corrected chi connectivity index (χ0v) is 9.54. The van der Waals surface area contributed by atoms with Gasteiger partial charge in [-0.2, -0.15) is 5.10 Å². The first-order valence-electron chi connectivity index (χ1n) is 5.12. The Bertz CT molecular complexity index is 326. The van der Waals surface area contributed by atoms with Gasteiger partial charge in [0.05, 0.1) is 12.7 Å². The van der Waals surface area contributed by atoms with Crippen molar-refractivity contribution in [1.82, 2.24) is 15.5 Å². The molecule has 0 fully saturated rings. The van der Waals surface area contributed by atoms with E-state index in [-0.39, 0.29) is 0 Å². The maximum Gasteiger partial charge on any atom is 0.188 e. The highest BCUT2D eigenvalue weighted by Crippen LogP contribution is 2.03. The number of aromatic nitrogens is 2. The SMILES string of the molecule is Cc1[nH]ncc1CN=C(N)NCC(C)C. The van der Waals surface area contributed by atoms with Crippen molar-refractivity contribution in [1.29, 1.82) is 0 Å². The molecule has 0 aromatic carbocycles. The van der Waals surface area contributed by atoms with E-state index in [2.05, 4.69) is 34.4 Å². The number of hydrogen-bond donors (Lipinski definition) is 3. The van der Waals surface area contributed by atoms with E-state index in [1.165, 1.54) is 0 Å². The first-order chi connectivity index (χ1) is 7.09. The Kier molecular flexibility index (Phi) is 4.15. The second-order valence-electron chi connectivity index (χ2n) is 4.00. The van der Waals surface area contributed by atoms with Crippen LogP contribution in [0.2, 0.25) is 0 Å². The van der Waals surface area contributed by atoms with Crippen molar-refractivity contribution in [3.05, 3.63) is 17.5 Å². The van der Waals surface area contributed by atoms with Gasteiger partial charge in [0.1, 0.15) is 0 Å². The number of nitrogens with two attached hydrogens (primary N) is 1. The van der Waals surface area contributed by atoms with E-state index < -0.39 is 0 Å². The Hall–Kier alpha value is -1.52. The summed E-state index contributed by atoms with van der Waals surface area (Å²) in [4.78, 5) is 4.22. The van der Waals surface area contributed by atoms with Crippen LogP contribution < -0.4 is 11.1 Å². The summed E-state index contributed by atoms with van der Waals surface area (Å²) in [6.45, 7) is 7.63. The lowest BCUT2D eigenvalue weighted by molar-refractivity contribution is 0.622. The molecule has 1 heterocycles. The van der Waals surface area contributed by atoms with Crippen LogP contribution in [0.15, 0.2) is 11.2 Å². The molecule has 1 rings (SSSR count). The van der Waals surface area contributed by atoms with Gasteiger partial charge in [0.15, 0.2) is 5.96 Å². The second kappa shape index (κ2) is 5.38. The molecule has 0 unspecified atom stereocenters. The quantitative estimate of drug-likeness (QED) is 0.506. The molecule has 5 nitrogen and oxygen atoms in total. The second-order valence-corrected chi connectivity index (χ2v) is 4.00. The fourth-order valence-electron chi connectivity index (χ4n) is 1.07. The average Bonchev–Trinajstić information content (AvgIpc) is 2.58. The Morgan fingerprint density at radius 2 is 2.40 bits per heavy atom. The van der Waals surface area contributed by atoms with Gasteiger partial charge in [-0.05, 0) is 12.8 Å². The van der Waals surface area contributed by atoms with Crippen LogP contribution in [0.5, 0.6) is 0 Å². The first kappa shape index (κ1) is 11.6. The number of rotatable bonds is 4. The Morgan fingerprint density at radius 3 is 2.93 bits per heavy atom. The molecule has 15 heavy (non-hydrogen) atoms. The summed E-state index contributed by atoms with van der Waals surface area (Å²) < 4.78 is 0. The van der Waals surface area contributed by atoms with E-state index in [0.717, 1.165) is 17.8 Å². The molecule has 0 bridgehead atoms. The number of guanidine groups is 1. The lowest BCUT2D eigenvalue weighted by Gasteiger charge is -2.07. The van der Waals surface area contributed by atoms with Gasteiger partial charge >= 0.3 is 0 Å². The molecule has 1 aromatic heterocycles. The topological polar surface area (TPSA) is 79.1 Å². The normalized spacial score (nSPS) is 12.1. The largest absolute Gasteiger partial charge is 0.370 e. The molecule has 4 N–H and O–H groups in total. The van der Waals surface area contributed by atoms with E-state index in [9.17, 15) is 0 Å². The zero-order valence-electron chi connectivity index (χ0n) is 9.54. The predicted octanol–water partition coefficient (Wildman–Crippen LogP) is 0.778. The van der Waals surface area contributed by atoms with Crippen molar-refractivity contribution >= 4 is 5.96 Å². The van der Waals surface area contributed by atoms with Crippen molar-refractivity contribution in [2.75, 3.05) is 6.54 Å². The molecule has 0 saturated carbocycles. The summed E-state index contributed by atoms with van der Waals surface area (Å²) in [6, 6.07) is 0. The van der Waals surface area contributed by atoms with Crippen LogP contribution in [-0.4, -0.2) is 22.7 Å². The molecule has 5 heteroatoms. The van der Waals surface area contributed by atoms with Gasteiger partial charge < -0.3 is 11.1 Å². The average molecular weight is 209 g/mol. The lowest BCUT2D eigenvalue weighted by Crippen LogP contribution is -2.34. The van der Waals surface area contributed by atoms with E-state index in [4.69, 9.17) is 5.73 Å². The van der Waals surface area contributed by atoms with Crippen LogP contribution in [0.3, 0.4) is 0 Å². The number of aryl methyl sites for hydroxylation is 1. The van der Waals surface area contributed by atoms with E-state index in [0.29, 0.717) is 18.4 Å². The molecule has 0 aliphatic rings. The smallest absolute Gasteiger partial charge is 0.188 e. The third-order valence-electron chi connectivity index (χ3n) is 2.05. The zero-order chi connectivity index (χ0) is 11.3. The van der Waals surface area contributed by atoms with Crippen LogP contribution in [0.25, 0.3) is 0 Å². The molecular weight excluding hydrogens is 190 g/mol. The minimum Gasteiger partial charge on any atom is -0.370 e. The summed E-state index contributed by atoms with van der Waals surface area (Å²) in [6.07, 6.45) is 1.77. The van der Waals surface area contributed by atoms with Crippen molar-refractivity contribution < 1.29 is 0 Å². The van der Waals surface area contributed by atoms with Gasteiger partial charge in [-0.1, -0.05) is 13.8 Å². The highest BCUT2D eigenvalue weighted by atomic mass is 15.1. The molecule has 0 spiro atoms. The van der Waals surface area contributed by atoms with Crippen molar-refractivity contribution in [3.8, 4) is 0 Å². The number of nitrogens with one attached hydrogen (secondary N) is 2. The lowest BCUT2D eigenvalue weighted by atomic mass is 10.2. The van der Waals surface area contributed by atoms with Crippen LogP contribution in [0.4, 0.5) is 0 Å². The Morgan fingerprint density at radius 1 is 1.67 bits per heavy atom. The molecule has 0 aliphatic carbocycles. The van der Waals surface area contributed by atoms with Gasteiger partial charge in [0, 0.05) is 17.8 Å². The van der Waals surface area contributed by atoms with Gasteiger partial charge in [-0.15, -0.1) is 0 Å². The van der Waals surface area contributed by atoms with E-state index >= 15 is 0 Å². The number of aromatic amines is 1. The van der Waals surface area contributed by atoms with Crippen molar-refractivity contribution in [2.45, 2.75) is 27.3 Å². The molecule has 1 aromatic rings. The predicted molar refractivity (Wildman–Crippen MR) is 61.5 cm³/mol. The maximum atomic E-state index is 5.70. The van der Waals surface area contributed by atoms with Crippen LogP contribution in [0.1, 0.15) is 25.1 Å². The summed E-state index contributed by atoms with van der Waals surface area (Å²) in [7, 11) is 0. The standard InChI is InChI=1S/C10H19N5/c1-7(2)4-12-10(11)13-5-9-6-14-15-8(9)3/h6-7H,4-5H2,1-3H3,(H,14,15)(H3,11,12,13). The highest BCUT2D eigenvalue weighted by molar-refractivity contribution is 5.77. The van der Waals surface area contributed by atoms with E-state index in [1.54, 1.807) is 6.20 Å². The highest BCUT2D eigenvalue weighted by Gasteiger charge is 1.99. The summed E-state index contributed by atoms with van der Waals surface area (Å²) in [5.41, 5.74) is 7.81. The summed E-state index contributed by atoms with van der Waals surface area (Å²) in [5, 5.41) is 9.84. The molecule has 0 radical (unpaired) electrons. The van der Waals surface area contributed by atoms with Crippen molar-refractivity contribution in [2.24, 2.45) is 16.6 Å². The number of nitrogens with zero attached hydrogens (tertiary/aromatic N) is 2. The fraction of sp³-hybridized carbons (Fsp3) is 0.600. The number of hydrogen-bond acceptors (Lipinski definition) is 2. The fourth-order valence-corrected chi connectivity index (χ4v) is 1.07. The Balaban J connectivity index is 2.40. The number of aliphatic imine (C=N–C) groups is 1. The monoisotopic (exact) mass is 209 g/mol. The Labute approximate surface area is 90.2 Å². The third kappa shape index (κ3) is 4.01. The molecule has 0 saturated heterocycles. The van der Waals surface area contributed by atoms with Crippen LogP contribution >= 0.6 is 0 Å². The van der Waals surface area contributed by atoms with Gasteiger partial charge in [-0.3, -0.25) is 5.10 Å². The number of H-pyrrole nitrogens is 1. The summed E-state index contributed by atoms with van der Waals surface area (Å²) in [5.74, 6) is 1.05.